The molecule has 9 heteroatoms. The summed E-state index contributed by atoms with van der Waals surface area (Å²) in [6.07, 6.45) is -5.20. The maximum absolute atomic E-state index is 10.8. The van der Waals surface area contributed by atoms with Gasteiger partial charge in [0, 0.05) is 11.8 Å². The third kappa shape index (κ3) is 5.54. The first-order valence-electron chi connectivity index (χ1n) is 4.83. The standard InChI is InChI=1S/C8H16N2O7/c1-4(12)9-5(2-10(16)17)7(14)8(15)6(13)3-11/h5-8,11,13-15H,2-3H2,1H3,(H,9,12)/t5-,6+,7+,8+/m0/s1. The van der Waals surface area contributed by atoms with Crippen LogP contribution in [0.3, 0.4) is 0 Å². The monoisotopic (exact) mass is 252 g/mol. The Morgan fingerprint density at radius 1 is 1.35 bits per heavy atom. The second kappa shape index (κ2) is 7.12. The van der Waals surface area contributed by atoms with Gasteiger partial charge in [-0.15, -0.1) is 0 Å². The summed E-state index contributed by atoms with van der Waals surface area (Å²) in [6.45, 7) is -0.534. The summed E-state index contributed by atoms with van der Waals surface area (Å²) in [5, 5.41) is 48.9. The highest BCUT2D eigenvalue weighted by Crippen LogP contribution is 2.05. The Morgan fingerprint density at radius 3 is 2.24 bits per heavy atom. The van der Waals surface area contributed by atoms with E-state index in [4.69, 9.17) is 10.2 Å². The van der Waals surface area contributed by atoms with Crippen LogP contribution in [-0.2, 0) is 4.79 Å². The Morgan fingerprint density at radius 2 is 1.88 bits per heavy atom. The van der Waals surface area contributed by atoms with Crippen molar-refractivity contribution < 1.29 is 30.1 Å². The Hall–Kier alpha value is -1.29. The SMILES string of the molecule is CC(=O)N[C@@H](C[N+](=O)[O-])[C@@H](O)[C@H](O)[C@H](O)CO. The van der Waals surface area contributed by atoms with E-state index in [2.05, 4.69) is 5.32 Å². The van der Waals surface area contributed by atoms with Crippen LogP contribution in [-0.4, -0.2) is 68.8 Å². The smallest absolute Gasteiger partial charge is 0.226 e. The summed E-state index contributed by atoms with van der Waals surface area (Å²) in [7, 11) is 0. The van der Waals surface area contributed by atoms with E-state index in [1.54, 1.807) is 0 Å². The van der Waals surface area contributed by atoms with Crippen LogP contribution in [0.15, 0.2) is 0 Å². The largest absolute Gasteiger partial charge is 0.394 e. The van der Waals surface area contributed by atoms with Crippen LogP contribution >= 0.6 is 0 Å². The predicted octanol–water partition coefficient (Wildman–Crippen LogP) is -3.16. The van der Waals surface area contributed by atoms with Crippen LogP contribution in [0, 0.1) is 10.1 Å². The lowest BCUT2D eigenvalue weighted by molar-refractivity contribution is -0.485. The third-order valence-electron chi connectivity index (χ3n) is 2.08. The van der Waals surface area contributed by atoms with E-state index in [0.29, 0.717) is 0 Å². The van der Waals surface area contributed by atoms with Gasteiger partial charge in [0.05, 0.1) is 6.61 Å². The molecule has 0 aromatic carbocycles. The zero-order chi connectivity index (χ0) is 13.6. The Bertz CT molecular complexity index is 257. The lowest BCUT2D eigenvalue weighted by Gasteiger charge is -2.26. The number of rotatable bonds is 7. The Balaban J connectivity index is 4.65. The molecule has 0 saturated heterocycles. The number of aliphatic hydroxyl groups excluding tert-OH is 4. The molecule has 5 N–H and O–H groups in total. The summed E-state index contributed by atoms with van der Waals surface area (Å²) >= 11 is 0. The molecule has 0 aliphatic heterocycles. The number of aliphatic hydroxyl groups is 4. The van der Waals surface area contributed by atoms with Gasteiger partial charge >= 0.3 is 0 Å². The molecule has 0 heterocycles. The summed E-state index contributed by atoms with van der Waals surface area (Å²) in [6, 6.07) is -1.35. The van der Waals surface area contributed by atoms with Crippen LogP contribution < -0.4 is 5.32 Å². The molecule has 0 spiro atoms. The fourth-order valence-corrected chi connectivity index (χ4v) is 1.23. The van der Waals surface area contributed by atoms with Crippen LogP contribution in [0.1, 0.15) is 6.92 Å². The molecule has 0 radical (unpaired) electrons. The number of nitro groups is 1. The van der Waals surface area contributed by atoms with Gasteiger partial charge in [0.2, 0.25) is 12.5 Å². The van der Waals surface area contributed by atoms with Gasteiger partial charge in [0.25, 0.3) is 0 Å². The maximum atomic E-state index is 10.8. The summed E-state index contributed by atoms with van der Waals surface area (Å²) in [4.78, 5) is 20.3. The molecule has 1 amide bonds. The van der Waals surface area contributed by atoms with Crippen molar-refractivity contribution in [1.29, 1.82) is 0 Å². The molecular weight excluding hydrogens is 236 g/mol. The fraction of sp³-hybridized carbons (Fsp3) is 0.875. The number of amides is 1. The molecule has 4 atom stereocenters. The first-order valence-corrected chi connectivity index (χ1v) is 4.83. The van der Waals surface area contributed by atoms with Gasteiger partial charge < -0.3 is 25.7 Å². The van der Waals surface area contributed by atoms with E-state index >= 15 is 0 Å². The first-order chi connectivity index (χ1) is 7.79. The molecular formula is C8H16N2O7. The van der Waals surface area contributed by atoms with Crippen molar-refractivity contribution >= 4 is 5.91 Å². The molecule has 0 aromatic rings. The lowest BCUT2D eigenvalue weighted by atomic mass is 10.0. The highest BCUT2D eigenvalue weighted by Gasteiger charge is 2.34. The van der Waals surface area contributed by atoms with Crippen molar-refractivity contribution in [3.8, 4) is 0 Å². The van der Waals surface area contributed by atoms with Crippen molar-refractivity contribution in [2.24, 2.45) is 0 Å². The van der Waals surface area contributed by atoms with Crippen LogP contribution in [0.2, 0.25) is 0 Å². The molecule has 0 aliphatic rings. The number of nitrogens with one attached hydrogen (secondary N) is 1. The van der Waals surface area contributed by atoms with Crippen molar-refractivity contribution in [2.75, 3.05) is 13.2 Å². The van der Waals surface area contributed by atoms with E-state index in [1.807, 2.05) is 0 Å². The van der Waals surface area contributed by atoms with Crippen molar-refractivity contribution in [3.05, 3.63) is 10.1 Å². The minimum Gasteiger partial charge on any atom is -0.394 e. The van der Waals surface area contributed by atoms with Gasteiger partial charge in [0.15, 0.2) is 0 Å². The fourth-order valence-electron chi connectivity index (χ4n) is 1.23. The topological polar surface area (TPSA) is 153 Å². The minimum absolute atomic E-state index is 0.624. The van der Waals surface area contributed by atoms with E-state index in [0.717, 1.165) is 6.92 Å². The summed E-state index contributed by atoms with van der Waals surface area (Å²) in [5.41, 5.74) is 0. The highest BCUT2D eigenvalue weighted by molar-refractivity contribution is 5.73. The Labute approximate surface area is 96.8 Å². The normalized spacial score (nSPS) is 17.9. The number of hydrogen-bond acceptors (Lipinski definition) is 7. The van der Waals surface area contributed by atoms with E-state index < -0.39 is 48.3 Å². The van der Waals surface area contributed by atoms with Gasteiger partial charge in [-0.25, -0.2) is 0 Å². The number of nitrogens with zero attached hydrogens (tertiary/aromatic N) is 1. The average Bonchev–Trinajstić information content (AvgIpc) is 2.23. The molecule has 9 nitrogen and oxygen atoms in total. The molecule has 100 valence electrons. The Kier molecular flexibility index (Phi) is 6.58. The van der Waals surface area contributed by atoms with Crippen LogP contribution in [0.5, 0.6) is 0 Å². The molecule has 0 aromatic heterocycles. The van der Waals surface area contributed by atoms with Gasteiger partial charge in [-0.2, -0.15) is 0 Å². The van der Waals surface area contributed by atoms with Gasteiger partial charge in [-0.1, -0.05) is 0 Å². The molecule has 0 rings (SSSR count). The second-order valence-corrected chi connectivity index (χ2v) is 3.55. The zero-order valence-electron chi connectivity index (χ0n) is 9.18. The maximum Gasteiger partial charge on any atom is 0.226 e. The minimum atomic E-state index is -1.79. The van der Waals surface area contributed by atoms with Gasteiger partial charge in [-0.05, 0) is 0 Å². The zero-order valence-corrected chi connectivity index (χ0v) is 9.18. The molecule has 0 bridgehead atoms. The predicted molar refractivity (Wildman–Crippen MR) is 54.6 cm³/mol. The van der Waals surface area contributed by atoms with E-state index in [9.17, 15) is 25.1 Å². The van der Waals surface area contributed by atoms with Crippen LogP contribution in [0.25, 0.3) is 0 Å². The summed E-state index contributed by atoms with van der Waals surface area (Å²) in [5.74, 6) is -0.624. The van der Waals surface area contributed by atoms with Gasteiger partial charge in [0.1, 0.15) is 24.4 Å². The van der Waals surface area contributed by atoms with E-state index in [-0.39, 0.29) is 0 Å². The van der Waals surface area contributed by atoms with Gasteiger partial charge in [-0.3, -0.25) is 14.9 Å². The van der Waals surface area contributed by atoms with E-state index in [1.165, 1.54) is 0 Å². The lowest BCUT2D eigenvalue weighted by Crippen LogP contribution is -2.55. The van der Waals surface area contributed by atoms with Crippen molar-refractivity contribution in [2.45, 2.75) is 31.3 Å². The van der Waals surface area contributed by atoms with Crippen molar-refractivity contribution in [1.82, 2.24) is 5.32 Å². The number of carbonyl (C=O) groups excluding carboxylic acids is 1. The number of hydrogen-bond donors (Lipinski definition) is 5. The van der Waals surface area contributed by atoms with Crippen LogP contribution in [0.4, 0.5) is 0 Å². The highest BCUT2D eigenvalue weighted by atomic mass is 16.6. The first kappa shape index (κ1) is 15.7. The third-order valence-corrected chi connectivity index (χ3v) is 2.08. The summed E-state index contributed by atoms with van der Waals surface area (Å²) < 4.78 is 0. The molecule has 17 heavy (non-hydrogen) atoms. The second-order valence-electron chi connectivity index (χ2n) is 3.55. The molecule has 0 fully saturated rings. The quantitative estimate of drug-likeness (QED) is 0.237. The average molecular weight is 252 g/mol. The molecule has 0 saturated carbocycles. The molecule has 0 unspecified atom stereocenters. The van der Waals surface area contributed by atoms with Crippen molar-refractivity contribution in [3.63, 3.8) is 0 Å². The number of carbonyl (C=O) groups is 1. The molecule has 0 aliphatic carbocycles.